The first-order valence-corrected chi connectivity index (χ1v) is 19.4. The third-order valence-corrected chi connectivity index (χ3v) is 10.9. The van der Waals surface area contributed by atoms with Crippen LogP contribution in [0.25, 0.3) is 16.9 Å². The maximum absolute atomic E-state index is 13.4. The molecule has 2 saturated heterocycles. The molecule has 3 aromatic heterocycles. The van der Waals surface area contributed by atoms with E-state index in [1.54, 1.807) is 54.9 Å². The van der Waals surface area contributed by atoms with Gasteiger partial charge < -0.3 is 15.3 Å². The minimum atomic E-state index is -1.18. The number of carbonyl (C=O) groups is 4. The Balaban J connectivity index is 0.863. The lowest BCUT2D eigenvalue weighted by Crippen LogP contribution is -2.54. The van der Waals surface area contributed by atoms with Gasteiger partial charge in [0.1, 0.15) is 17.0 Å². The van der Waals surface area contributed by atoms with Crippen molar-refractivity contribution in [1.82, 2.24) is 39.4 Å². The van der Waals surface area contributed by atoms with Gasteiger partial charge >= 0.3 is 0 Å². The topological polar surface area (TPSA) is 188 Å². The number of nitrogens with one attached hydrogen (secondary N) is 2. The van der Waals surface area contributed by atoms with Gasteiger partial charge in [0, 0.05) is 50.2 Å². The number of rotatable bonds is 12. The second kappa shape index (κ2) is 15.4. The van der Waals surface area contributed by atoms with E-state index in [-0.39, 0.29) is 24.9 Å². The van der Waals surface area contributed by atoms with Crippen molar-refractivity contribution < 1.29 is 24.3 Å². The minimum Gasteiger partial charge on any atom is -0.384 e. The molecular weight excluding hydrogens is 741 g/mol. The van der Waals surface area contributed by atoms with E-state index in [1.165, 1.54) is 10.9 Å². The van der Waals surface area contributed by atoms with Gasteiger partial charge in [-0.1, -0.05) is 18.2 Å². The van der Waals surface area contributed by atoms with E-state index < -0.39 is 35.3 Å². The van der Waals surface area contributed by atoms with Crippen LogP contribution < -0.4 is 21.1 Å². The molecule has 0 saturated carbocycles. The molecule has 8 rings (SSSR count). The smallest absolute Gasteiger partial charge is 0.278 e. The van der Waals surface area contributed by atoms with Crippen molar-refractivity contribution in [2.24, 2.45) is 0 Å². The monoisotopic (exact) mass is 784 g/mol. The summed E-state index contributed by atoms with van der Waals surface area (Å²) in [7, 11) is 0. The van der Waals surface area contributed by atoms with E-state index in [1.807, 2.05) is 18.2 Å². The highest BCUT2D eigenvalue weighted by Crippen LogP contribution is 2.29. The second-order valence-corrected chi connectivity index (χ2v) is 15.3. The SMILES string of the molecule is C=CCn1c(=O)c2cnc(Nc3ccc(N4CCN(CCCc5ccc6c(c5)C(=O)N(C5CCC(=O)NC5=O)C6=O)CC4)cc3)nc2n1-c1cccc(C(C)(C)O)n1. The van der Waals surface area contributed by atoms with E-state index in [0.717, 1.165) is 67.4 Å². The zero-order valence-corrected chi connectivity index (χ0v) is 32.3. The number of piperidine rings is 1. The lowest BCUT2D eigenvalue weighted by Gasteiger charge is -2.36. The Hall–Kier alpha value is -6.52. The van der Waals surface area contributed by atoms with Crippen molar-refractivity contribution in [2.45, 2.75) is 57.7 Å². The van der Waals surface area contributed by atoms with Crippen molar-refractivity contribution >= 4 is 52.0 Å². The summed E-state index contributed by atoms with van der Waals surface area (Å²) in [6.07, 6.45) is 4.97. The summed E-state index contributed by atoms with van der Waals surface area (Å²) < 4.78 is 3.12. The molecule has 3 N–H and O–H groups in total. The molecule has 1 atom stereocenters. The predicted molar refractivity (Wildman–Crippen MR) is 216 cm³/mol. The first-order valence-electron chi connectivity index (χ1n) is 19.4. The van der Waals surface area contributed by atoms with Crippen LogP contribution in [0, 0.1) is 0 Å². The van der Waals surface area contributed by atoms with Gasteiger partial charge in [-0.25, -0.2) is 19.3 Å². The Bertz CT molecular complexity index is 2510. The van der Waals surface area contributed by atoms with Gasteiger partial charge in [0.15, 0.2) is 11.5 Å². The van der Waals surface area contributed by atoms with Gasteiger partial charge in [-0.15, -0.1) is 6.58 Å². The first-order chi connectivity index (χ1) is 27.9. The Labute approximate surface area is 333 Å². The lowest BCUT2D eigenvalue weighted by atomic mass is 10.0. The number of hydrogen-bond donors (Lipinski definition) is 3. The highest BCUT2D eigenvalue weighted by Gasteiger charge is 2.44. The molecule has 5 aromatic rings. The van der Waals surface area contributed by atoms with Gasteiger partial charge in [-0.05, 0) is 93.7 Å². The number of carbonyl (C=O) groups excluding carboxylic acids is 4. The first kappa shape index (κ1) is 38.4. The number of anilines is 3. The summed E-state index contributed by atoms with van der Waals surface area (Å²) >= 11 is 0. The molecule has 298 valence electrons. The predicted octanol–water partition coefficient (Wildman–Crippen LogP) is 3.29. The summed E-state index contributed by atoms with van der Waals surface area (Å²) in [6.45, 7) is 11.7. The third kappa shape index (κ3) is 7.39. The molecule has 0 bridgehead atoms. The van der Waals surface area contributed by atoms with E-state index >= 15 is 0 Å². The fourth-order valence-corrected chi connectivity index (χ4v) is 7.79. The van der Waals surface area contributed by atoms with Crippen LogP contribution in [0.4, 0.5) is 17.3 Å². The van der Waals surface area contributed by atoms with Crippen LogP contribution in [0.2, 0.25) is 0 Å². The zero-order valence-electron chi connectivity index (χ0n) is 32.3. The van der Waals surface area contributed by atoms with Crippen molar-refractivity contribution in [3.8, 4) is 5.82 Å². The summed E-state index contributed by atoms with van der Waals surface area (Å²) in [6, 6.07) is 17.6. The molecule has 6 heterocycles. The number of amides is 4. The Morgan fingerprint density at radius 1 is 0.948 bits per heavy atom. The number of piperazine rings is 1. The van der Waals surface area contributed by atoms with E-state index in [9.17, 15) is 29.1 Å². The minimum absolute atomic E-state index is 0.0863. The number of pyridine rings is 1. The molecule has 58 heavy (non-hydrogen) atoms. The van der Waals surface area contributed by atoms with Gasteiger partial charge in [0.25, 0.3) is 17.4 Å². The van der Waals surface area contributed by atoms with Crippen LogP contribution >= 0.6 is 0 Å². The van der Waals surface area contributed by atoms with Crippen molar-refractivity contribution in [1.29, 1.82) is 0 Å². The molecule has 0 radical (unpaired) electrons. The molecule has 0 aliphatic carbocycles. The zero-order chi connectivity index (χ0) is 40.7. The molecule has 0 spiro atoms. The van der Waals surface area contributed by atoms with Gasteiger partial charge in [-0.2, -0.15) is 4.98 Å². The van der Waals surface area contributed by atoms with Crippen molar-refractivity contribution in [3.63, 3.8) is 0 Å². The van der Waals surface area contributed by atoms with Crippen LogP contribution in [0.1, 0.15) is 65.1 Å². The summed E-state index contributed by atoms with van der Waals surface area (Å²) in [5.41, 5.74) is 2.80. The lowest BCUT2D eigenvalue weighted by molar-refractivity contribution is -0.136. The highest BCUT2D eigenvalue weighted by atomic mass is 16.3. The van der Waals surface area contributed by atoms with Crippen molar-refractivity contribution in [2.75, 3.05) is 42.9 Å². The number of fused-ring (bicyclic) bond motifs is 2. The van der Waals surface area contributed by atoms with E-state index in [2.05, 4.69) is 49.1 Å². The number of hydrogen-bond acceptors (Lipinski definition) is 12. The average molecular weight is 785 g/mol. The summed E-state index contributed by atoms with van der Waals surface area (Å²) in [5.74, 6) is -1.26. The molecule has 4 amide bonds. The fourth-order valence-electron chi connectivity index (χ4n) is 7.79. The Morgan fingerprint density at radius 2 is 1.71 bits per heavy atom. The van der Waals surface area contributed by atoms with Gasteiger partial charge in [0.2, 0.25) is 17.8 Å². The fraction of sp³-hybridized carbons (Fsp3) is 0.333. The summed E-state index contributed by atoms with van der Waals surface area (Å²) in [5, 5.41) is 16.4. The molecule has 2 aromatic carbocycles. The van der Waals surface area contributed by atoms with Gasteiger partial charge in [0.05, 0.1) is 23.4 Å². The Kier molecular flexibility index (Phi) is 10.2. The normalized spacial score (nSPS) is 17.5. The standard InChI is InChI=1S/C42H44N10O6/c1-4-18-50-38(55)31-25-43-41(47-36(31)52(50)34-9-5-8-33(45-34)42(2,3)58)44-27-11-13-28(14-12-27)49-22-20-48(21-23-49)19-6-7-26-10-15-29-30(24-26)40(57)51(39(29)56)32-16-17-35(53)46-37(32)54/h4-5,8-15,24-25,32,58H,1,6-7,16-23H2,2-3H3,(H,43,44,47)(H,46,53,54). The maximum atomic E-state index is 13.4. The third-order valence-electron chi connectivity index (χ3n) is 10.9. The number of aliphatic hydroxyl groups is 1. The number of nitrogens with zero attached hydrogens (tertiary/aromatic N) is 8. The summed E-state index contributed by atoms with van der Waals surface area (Å²) in [4.78, 5) is 83.2. The maximum Gasteiger partial charge on any atom is 0.278 e. The molecule has 2 fully saturated rings. The second-order valence-electron chi connectivity index (χ2n) is 15.3. The van der Waals surface area contributed by atoms with Gasteiger partial charge in [-0.3, -0.25) is 39.1 Å². The largest absolute Gasteiger partial charge is 0.384 e. The number of benzene rings is 2. The quantitative estimate of drug-likeness (QED) is 0.124. The Morgan fingerprint density at radius 3 is 2.43 bits per heavy atom. The molecule has 3 aliphatic rings. The molecule has 1 unspecified atom stereocenters. The highest BCUT2D eigenvalue weighted by molar-refractivity contribution is 6.23. The number of allylic oxidation sites excluding steroid dienone is 1. The number of aryl methyl sites for hydroxylation is 1. The number of aromatic nitrogens is 5. The van der Waals surface area contributed by atoms with Crippen LogP contribution in [-0.4, -0.2) is 102 Å². The number of imide groups is 2. The van der Waals surface area contributed by atoms with Crippen LogP contribution in [0.15, 0.2) is 84.3 Å². The molecule has 16 heteroatoms. The molecule has 16 nitrogen and oxygen atoms in total. The van der Waals surface area contributed by atoms with Crippen LogP contribution in [0.3, 0.4) is 0 Å². The average Bonchev–Trinajstić information content (AvgIpc) is 3.62. The van der Waals surface area contributed by atoms with E-state index in [4.69, 9.17) is 4.98 Å². The molecule has 3 aliphatic heterocycles. The molecular formula is C42H44N10O6. The van der Waals surface area contributed by atoms with E-state index in [0.29, 0.717) is 39.6 Å². The van der Waals surface area contributed by atoms with Crippen LogP contribution in [-0.2, 0) is 28.2 Å². The van der Waals surface area contributed by atoms with Crippen molar-refractivity contribution in [3.05, 3.63) is 112 Å². The van der Waals surface area contributed by atoms with Crippen LogP contribution in [0.5, 0.6) is 0 Å².